The fourth-order valence-corrected chi connectivity index (χ4v) is 1.26. The van der Waals surface area contributed by atoms with Crippen LogP contribution >= 0.6 is 11.6 Å². The van der Waals surface area contributed by atoms with Gasteiger partial charge in [-0.15, -0.1) is 0 Å². The summed E-state index contributed by atoms with van der Waals surface area (Å²) in [6, 6.07) is 5.17. The number of nitrogens with one attached hydrogen (secondary N) is 1. The number of anilines is 1. The lowest BCUT2D eigenvalue weighted by molar-refractivity contribution is -0.114. The molecule has 0 aromatic heterocycles. The fraction of sp³-hybridized carbons (Fsp3) is 0.222. The van der Waals surface area contributed by atoms with Gasteiger partial charge in [0, 0.05) is 6.92 Å². The van der Waals surface area contributed by atoms with Gasteiger partial charge in [0.15, 0.2) is 5.75 Å². The molecule has 0 unspecified atom stereocenters. The van der Waals surface area contributed by atoms with Crippen LogP contribution in [0.25, 0.3) is 0 Å². The van der Waals surface area contributed by atoms with Gasteiger partial charge in [0.1, 0.15) is 0 Å². The molecular weight excluding hydrogens is 190 g/mol. The van der Waals surface area contributed by atoms with Crippen LogP contribution < -0.4 is 10.1 Å². The average molecular weight is 200 g/mol. The van der Waals surface area contributed by atoms with E-state index in [1.54, 1.807) is 18.2 Å². The molecule has 1 aromatic rings. The van der Waals surface area contributed by atoms with Crippen LogP contribution in [0.5, 0.6) is 5.75 Å². The Morgan fingerprint density at radius 2 is 2.23 bits per heavy atom. The molecule has 0 aliphatic carbocycles. The van der Waals surface area contributed by atoms with Gasteiger partial charge in [-0.2, -0.15) is 0 Å². The van der Waals surface area contributed by atoms with Crippen LogP contribution in [0.1, 0.15) is 6.92 Å². The van der Waals surface area contributed by atoms with Crippen LogP contribution in [-0.2, 0) is 4.79 Å². The highest BCUT2D eigenvalue weighted by atomic mass is 35.5. The number of ether oxygens (including phenoxy) is 1. The van der Waals surface area contributed by atoms with Gasteiger partial charge in [0.2, 0.25) is 5.91 Å². The van der Waals surface area contributed by atoms with E-state index < -0.39 is 0 Å². The third-order valence-electron chi connectivity index (χ3n) is 1.48. The maximum Gasteiger partial charge on any atom is 0.221 e. The normalized spacial score (nSPS) is 9.46. The number of halogens is 1. The zero-order valence-corrected chi connectivity index (χ0v) is 8.18. The first-order chi connectivity index (χ1) is 6.15. The highest BCUT2D eigenvalue weighted by molar-refractivity contribution is 6.32. The van der Waals surface area contributed by atoms with E-state index in [1.165, 1.54) is 14.0 Å². The van der Waals surface area contributed by atoms with Gasteiger partial charge in [0.05, 0.1) is 17.8 Å². The van der Waals surface area contributed by atoms with Crippen molar-refractivity contribution in [3.8, 4) is 5.75 Å². The van der Waals surface area contributed by atoms with E-state index in [0.29, 0.717) is 16.5 Å². The Balaban J connectivity index is 3.05. The van der Waals surface area contributed by atoms with Gasteiger partial charge >= 0.3 is 0 Å². The molecular formula is C9H10ClNO2. The molecule has 0 fully saturated rings. The molecule has 1 N–H and O–H groups in total. The number of carbonyl (C=O) groups is 1. The summed E-state index contributed by atoms with van der Waals surface area (Å²) in [5.41, 5.74) is 0.586. The van der Waals surface area contributed by atoms with Gasteiger partial charge in [0.25, 0.3) is 0 Å². The van der Waals surface area contributed by atoms with E-state index in [-0.39, 0.29) is 5.91 Å². The standard InChI is InChI=1S/C9H10ClNO2/c1-6(12)11-8-5-3-4-7(10)9(8)13-2/h3-5H,1-2H3,(H,11,12). The van der Waals surface area contributed by atoms with Crippen molar-refractivity contribution in [2.75, 3.05) is 12.4 Å². The molecule has 1 rings (SSSR count). The van der Waals surface area contributed by atoms with Gasteiger partial charge in [-0.05, 0) is 12.1 Å². The Hall–Kier alpha value is -1.22. The predicted octanol–water partition coefficient (Wildman–Crippen LogP) is 2.31. The van der Waals surface area contributed by atoms with E-state index in [0.717, 1.165) is 0 Å². The lowest BCUT2D eigenvalue weighted by Crippen LogP contribution is -2.07. The summed E-state index contributed by atoms with van der Waals surface area (Å²) in [7, 11) is 1.51. The topological polar surface area (TPSA) is 38.3 Å². The molecule has 0 aliphatic heterocycles. The Kier molecular flexibility index (Phi) is 3.14. The zero-order valence-electron chi connectivity index (χ0n) is 7.43. The maximum absolute atomic E-state index is 10.8. The van der Waals surface area contributed by atoms with Gasteiger partial charge in [-0.3, -0.25) is 4.79 Å². The average Bonchev–Trinajstić information content (AvgIpc) is 2.03. The molecule has 70 valence electrons. The molecule has 13 heavy (non-hydrogen) atoms. The van der Waals surface area contributed by atoms with E-state index in [1.807, 2.05) is 0 Å². The van der Waals surface area contributed by atoms with Crippen LogP contribution in [0.4, 0.5) is 5.69 Å². The minimum atomic E-state index is -0.152. The van der Waals surface area contributed by atoms with Crippen molar-refractivity contribution in [1.82, 2.24) is 0 Å². The van der Waals surface area contributed by atoms with Gasteiger partial charge in [-0.25, -0.2) is 0 Å². The van der Waals surface area contributed by atoms with Crippen molar-refractivity contribution in [3.63, 3.8) is 0 Å². The van der Waals surface area contributed by atoms with Crippen LogP contribution in [0.2, 0.25) is 5.02 Å². The number of para-hydroxylation sites is 1. The molecule has 3 nitrogen and oxygen atoms in total. The number of benzene rings is 1. The summed E-state index contributed by atoms with van der Waals surface area (Å²) in [6.45, 7) is 1.43. The summed E-state index contributed by atoms with van der Waals surface area (Å²) in [5, 5.41) is 3.10. The van der Waals surface area contributed by atoms with E-state index >= 15 is 0 Å². The number of hydrogen-bond acceptors (Lipinski definition) is 2. The maximum atomic E-state index is 10.8. The number of methoxy groups -OCH3 is 1. The van der Waals surface area contributed by atoms with E-state index in [9.17, 15) is 4.79 Å². The Morgan fingerprint density at radius 3 is 2.77 bits per heavy atom. The largest absolute Gasteiger partial charge is 0.493 e. The minimum Gasteiger partial charge on any atom is -0.493 e. The van der Waals surface area contributed by atoms with Crippen LogP contribution in [0, 0.1) is 0 Å². The van der Waals surface area contributed by atoms with Crippen molar-refractivity contribution >= 4 is 23.2 Å². The predicted molar refractivity (Wildman–Crippen MR) is 52.3 cm³/mol. The van der Waals surface area contributed by atoms with E-state index in [2.05, 4.69) is 5.32 Å². The van der Waals surface area contributed by atoms with Crippen LogP contribution in [-0.4, -0.2) is 13.0 Å². The Bertz CT molecular complexity index is 325. The fourth-order valence-electron chi connectivity index (χ4n) is 1.00. The zero-order chi connectivity index (χ0) is 9.84. The number of hydrogen-bond donors (Lipinski definition) is 1. The van der Waals surface area contributed by atoms with Crippen molar-refractivity contribution < 1.29 is 9.53 Å². The second kappa shape index (κ2) is 4.14. The second-order valence-corrected chi connectivity index (χ2v) is 2.91. The SMILES string of the molecule is COc1c(Cl)cccc1NC(C)=O. The highest BCUT2D eigenvalue weighted by Gasteiger charge is 2.07. The molecule has 0 saturated carbocycles. The summed E-state index contributed by atoms with van der Waals surface area (Å²) in [5.74, 6) is 0.333. The number of amides is 1. The molecule has 0 saturated heterocycles. The third kappa shape index (κ3) is 2.36. The van der Waals surface area contributed by atoms with Crippen molar-refractivity contribution in [2.24, 2.45) is 0 Å². The van der Waals surface area contributed by atoms with Crippen molar-refractivity contribution in [3.05, 3.63) is 23.2 Å². The minimum absolute atomic E-state index is 0.152. The smallest absolute Gasteiger partial charge is 0.221 e. The lowest BCUT2D eigenvalue weighted by atomic mass is 10.3. The van der Waals surface area contributed by atoms with E-state index in [4.69, 9.17) is 16.3 Å². The first kappa shape index (κ1) is 9.86. The quantitative estimate of drug-likeness (QED) is 0.794. The Labute approximate surface area is 81.7 Å². The summed E-state index contributed by atoms with van der Waals surface area (Å²) < 4.78 is 5.03. The summed E-state index contributed by atoms with van der Waals surface area (Å²) >= 11 is 5.84. The number of rotatable bonds is 2. The molecule has 0 atom stereocenters. The molecule has 0 heterocycles. The van der Waals surface area contributed by atoms with Gasteiger partial charge in [-0.1, -0.05) is 17.7 Å². The van der Waals surface area contributed by atoms with Crippen LogP contribution in [0.15, 0.2) is 18.2 Å². The van der Waals surface area contributed by atoms with Gasteiger partial charge < -0.3 is 10.1 Å². The van der Waals surface area contributed by atoms with Crippen molar-refractivity contribution in [1.29, 1.82) is 0 Å². The molecule has 1 amide bonds. The molecule has 4 heteroatoms. The first-order valence-electron chi connectivity index (χ1n) is 3.75. The first-order valence-corrected chi connectivity index (χ1v) is 4.13. The Morgan fingerprint density at radius 1 is 1.54 bits per heavy atom. The monoisotopic (exact) mass is 199 g/mol. The number of carbonyl (C=O) groups excluding carboxylic acids is 1. The molecule has 0 spiro atoms. The molecule has 0 radical (unpaired) electrons. The summed E-state index contributed by atoms with van der Waals surface area (Å²) in [4.78, 5) is 10.8. The molecule has 1 aromatic carbocycles. The third-order valence-corrected chi connectivity index (χ3v) is 1.78. The highest BCUT2D eigenvalue weighted by Crippen LogP contribution is 2.32. The van der Waals surface area contributed by atoms with Crippen LogP contribution in [0.3, 0.4) is 0 Å². The lowest BCUT2D eigenvalue weighted by Gasteiger charge is -2.09. The second-order valence-electron chi connectivity index (χ2n) is 2.50. The summed E-state index contributed by atoms with van der Waals surface area (Å²) in [6.07, 6.45) is 0. The van der Waals surface area contributed by atoms with Crippen molar-refractivity contribution in [2.45, 2.75) is 6.92 Å². The molecule has 0 aliphatic rings. The molecule has 0 bridgehead atoms.